The van der Waals surface area contributed by atoms with E-state index in [0.717, 1.165) is 73.4 Å². The monoisotopic (exact) mass is 683 g/mol. The minimum absolute atomic E-state index is 0.309. The molecule has 0 amide bonds. The third-order valence-electron chi connectivity index (χ3n) is 10.7. The number of aromatic nitrogens is 4. The molecule has 6 aromatic carbocycles. The molecule has 0 bridgehead atoms. The molecular weight excluding hydrogens is 651 g/mol. The zero-order valence-corrected chi connectivity index (χ0v) is 29.0. The van der Waals surface area contributed by atoms with Gasteiger partial charge in [-0.1, -0.05) is 128 Å². The summed E-state index contributed by atoms with van der Waals surface area (Å²) in [6, 6.07) is 48.6. The molecule has 0 radical (unpaired) electrons. The Labute approximate surface area is 305 Å². The molecule has 0 saturated heterocycles. The number of aliphatic imine (C=N–C) groups is 2. The van der Waals surface area contributed by atoms with Gasteiger partial charge in [0.15, 0.2) is 5.84 Å². The van der Waals surface area contributed by atoms with E-state index in [1.165, 1.54) is 22.0 Å². The fourth-order valence-electron chi connectivity index (χ4n) is 8.18. The quantitative estimate of drug-likeness (QED) is 0.201. The first-order valence-corrected chi connectivity index (χ1v) is 18.2. The number of nitrogens with one attached hydrogen (secondary N) is 1. The van der Waals surface area contributed by atoms with E-state index in [4.69, 9.17) is 20.0 Å². The Morgan fingerprint density at radius 2 is 1.45 bits per heavy atom. The van der Waals surface area contributed by atoms with Gasteiger partial charge >= 0.3 is 0 Å². The van der Waals surface area contributed by atoms with Crippen LogP contribution in [0.4, 0.5) is 0 Å². The van der Waals surface area contributed by atoms with Crippen LogP contribution < -0.4 is 5.32 Å². The van der Waals surface area contributed by atoms with Crippen LogP contribution in [0.2, 0.25) is 0 Å². The van der Waals surface area contributed by atoms with Gasteiger partial charge < -0.3 is 5.32 Å². The molecule has 2 atom stereocenters. The fourth-order valence-corrected chi connectivity index (χ4v) is 8.18. The number of para-hydroxylation sites is 3. The van der Waals surface area contributed by atoms with Gasteiger partial charge in [-0.3, -0.25) is 8.97 Å². The van der Waals surface area contributed by atoms with Gasteiger partial charge in [-0.2, -0.15) is 0 Å². The lowest BCUT2D eigenvalue weighted by Crippen LogP contribution is -2.33. The maximum absolute atomic E-state index is 5.42. The van der Waals surface area contributed by atoms with Crippen molar-refractivity contribution in [3.8, 4) is 5.95 Å². The highest BCUT2D eigenvalue weighted by molar-refractivity contribution is 6.18. The highest BCUT2D eigenvalue weighted by Crippen LogP contribution is 2.38. The summed E-state index contributed by atoms with van der Waals surface area (Å²) in [4.78, 5) is 21.1. The first-order chi connectivity index (χ1) is 26.2. The van der Waals surface area contributed by atoms with E-state index in [-0.39, 0.29) is 6.17 Å². The van der Waals surface area contributed by atoms with Gasteiger partial charge in [-0.15, -0.1) is 0 Å². The maximum atomic E-state index is 5.42. The van der Waals surface area contributed by atoms with Crippen LogP contribution in [0.15, 0.2) is 156 Å². The zero-order chi connectivity index (χ0) is 35.0. The minimum Gasteiger partial charge on any atom is -0.344 e. The largest absolute Gasteiger partial charge is 0.344 e. The summed E-state index contributed by atoms with van der Waals surface area (Å²) >= 11 is 0. The molecule has 252 valence electrons. The summed E-state index contributed by atoms with van der Waals surface area (Å²) in [5.41, 5.74) is 10.4. The molecule has 11 rings (SSSR count). The zero-order valence-electron chi connectivity index (χ0n) is 29.0. The Bertz CT molecular complexity index is 3030. The topological polar surface area (TPSA) is 71.9 Å². The lowest BCUT2D eigenvalue weighted by atomic mass is 9.94. The third-order valence-corrected chi connectivity index (χ3v) is 10.7. The maximum Gasteiger partial charge on any atom is 0.221 e. The predicted octanol–water partition coefficient (Wildman–Crippen LogP) is 9.83. The Morgan fingerprint density at radius 3 is 2.36 bits per heavy atom. The van der Waals surface area contributed by atoms with E-state index in [1.807, 2.05) is 18.2 Å². The molecule has 3 aromatic heterocycles. The van der Waals surface area contributed by atoms with Crippen molar-refractivity contribution >= 4 is 67.0 Å². The number of imidazole rings is 1. The van der Waals surface area contributed by atoms with E-state index < -0.39 is 0 Å². The van der Waals surface area contributed by atoms with Gasteiger partial charge in [0.2, 0.25) is 5.95 Å². The van der Waals surface area contributed by atoms with E-state index in [9.17, 15) is 0 Å². The average molecular weight is 684 g/mol. The molecule has 7 nitrogen and oxygen atoms in total. The average Bonchev–Trinajstić information content (AvgIpc) is 3.76. The number of hydrogen-bond acceptors (Lipinski definition) is 5. The van der Waals surface area contributed by atoms with Gasteiger partial charge in [-0.25, -0.2) is 20.0 Å². The Hall–Kier alpha value is -6.86. The second-order valence-electron chi connectivity index (χ2n) is 14.1. The third kappa shape index (κ3) is 4.67. The Balaban J connectivity index is 1.18. The van der Waals surface area contributed by atoms with E-state index in [1.54, 1.807) is 0 Å². The van der Waals surface area contributed by atoms with Crippen LogP contribution in [-0.2, 0) is 6.42 Å². The molecule has 7 heteroatoms. The summed E-state index contributed by atoms with van der Waals surface area (Å²) < 4.78 is 4.60. The van der Waals surface area contributed by atoms with Crippen LogP contribution >= 0.6 is 0 Å². The van der Waals surface area contributed by atoms with Crippen molar-refractivity contribution in [3.63, 3.8) is 0 Å². The number of fused-ring (bicyclic) bond motifs is 9. The van der Waals surface area contributed by atoms with Gasteiger partial charge in [0.05, 0.1) is 22.1 Å². The van der Waals surface area contributed by atoms with Crippen molar-refractivity contribution < 1.29 is 0 Å². The smallest absolute Gasteiger partial charge is 0.221 e. The highest BCUT2D eigenvalue weighted by atomic mass is 15.2. The number of rotatable bonds is 4. The van der Waals surface area contributed by atoms with Gasteiger partial charge in [-0.05, 0) is 59.0 Å². The first kappa shape index (κ1) is 29.8. The molecule has 0 saturated carbocycles. The number of nitrogens with zero attached hydrogens (tertiary/aromatic N) is 6. The van der Waals surface area contributed by atoms with Crippen molar-refractivity contribution in [2.45, 2.75) is 19.5 Å². The summed E-state index contributed by atoms with van der Waals surface area (Å²) in [6.45, 7) is 2.28. The molecule has 9 aromatic rings. The molecule has 2 aliphatic rings. The molecule has 1 aliphatic heterocycles. The molecule has 53 heavy (non-hydrogen) atoms. The molecule has 4 heterocycles. The van der Waals surface area contributed by atoms with E-state index in [2.05, 4.69) is 155 Å². The normalized spacial score (nSPS) is 17.0. The molecule has 1 N–H and O–H groups in total. The minimum atomic E-state index is -0.309. The summed E-state index contributed by atoms with van der Waals surface area (Å²) in [7, 11) is 0. The van der Waals surface area contributed by atoms with Gasteiger partial charge in [0.1, 0.15) is 17.6 Å². The van der Waals surface area contributed by atoms with Crippen LogP contribution in [-0.4, -0.2) is 30.6 Å². The molecule has 0 fully saturated rings. The van der Waals surface area contributed by atoms with Gasteiger partial charge in [0, 0.05) is 33.2 Å². The summed E-state index contributed by atoms with van der Waals surface area (Å²) in [5.74, 6) is 2.69. The van der Waals surface area contributed by atoms with Crippen molar-refractivity contribution in [1.82, 2.24) is 24.3 Å². The number of amidine groups is 2. The molecule has 2 unspecified atom stereocenters. The van der Waals surface area contributed by atoms with Crippen LogP contribution in [0, 0.1) is 5.92 Å². The Kier molecular flexibility index (Phi) is 6.52. The predicted molar refractivity (Wildman–Crippen MR) is 216 cm³/mol. The Morgan fingerprint density at radius 1 is 0.679 bits per heavy atom. The number of hydrogen-bond donors (Lipinski definition) is 1. The summed E-state index contributed by atoms with van der Waals surface area (Å²) in [5, 5.41) is 8.19. The molecule has 0 spiro atoms. The fraction of sp³-hybridized carbons (Fsp3) is 0.0870. The van der Waals surface area contributed by atoms with Gasteiger partial charge in [0.25, 0.3) is 0 Å². The van der Waals surface area contributed by atoms with Crippen LogP contribution in [0.25, 0.3) is 61.3 Å². The second-order valence-corrected chi connectivity index (χ2v) is 14.1. The molecule has 1 aliphatic carbocycles. The van der Waals surface area contributed by atoms with Crippen LogP contribution in [0.5, 0.6) is 0 Å². The van der Waals surface area contributed by atoms with Crippen molar-refractivity contribution in [2.75, 3.05) is 0 Å². The highest BCUT2D eigenvalue weighted by Gasteiger charge is 2.27. The van der Waals surface area contributed by atoms with E-state index >= 15 is 0 Å². The lowest BCUT2D eigenvalue weighted by Gasteiger charge is -2.24. The lowest BCUT2D eigenvalue weighted by molar-refractivity contribution is 0.674. The SMILES string of the molecule is CC1C=Cc2c(n(-c3nc4ccccc4c4nc5ccccc5n34)c3cc(C4=NC(c5ccccc5)NC(c5cccc6ccccc56)=N4)ccc23)C1. The first-order valence-electron chi connectivity index (χ1n) is 18.2. The van der Waals surface area contributed by atoms with Crippen LogP contribution in [0.3, 0.4) is 0 Å². The molecular formula is C46H33N7. The second kappa shape index (κ2) is 11.6. The van der Waals surface area contributed by atoms with Crippen molar-refractivity contribution in [1.29, 1.82) is 0 Å². The van der Waals surface area contributed by atoms with Crippen molar-refractivity contribution in [2.24, 2.45) is 15.9 Å². The number of benzene rings is 6. The summed E-state index contributed by atoms with van der Waals surface area (Å²) in [6.07, 6.45) is 5.19. The van der Waals surface area contributed by atoms with E-state index in [0.29, 0.717) is 11.8 Å². The van der Waals surface area contributed by atoms with Crippen molar-refractivity contribution in [3.05, 3.63) is 174 Å². The number of allylic oxidation sites excluding steroid dienone is 1. The standard InChI is InChI=1S/C46H33N7/c1-28-22-24-33-34-25-23-31(43-49-42(30-13-3-2-4-14-30)50-44(51-43)35-18-11-15-29-12-5-6-16-32(29)35)27-41(34)52(40(33)26-28)46-48-37-19-8-7-17-36(37)45-47-38-20-9-10-21-39(38)53(45)46/h2-25,27-28,42H,26H2,1H3,(H,49,50,51). The van der Waals surface area contributed by atoms with Crippen LogP contribution in [0.1, 0.15) is 41.0 Å².